The smallest absolute Gasteiger partial charge is 0.246 e. The molecular formula is C8H15NO2. The summed E-state index contributed by atoms with van der Waals surface area (Å²) in [6.45, 7) is 0. The number of primary amides is 1. The summed E-state index contributed by atoms with van der Waals surface area (Å²) in [7, 11) is 0. The lowest BCUT2D eigenvalue weighted by Crippen LogP contribution is -2.27. The second-order valence-corrected chi connectivity index (χ2v) is 3.29. The largest absolute Gasteiger partial charge is 0.383 e. The van der Waals surface area contributed by atoms with Gasteiger partial charge in [-0.1, -0.05) is 25.7 Å². The van der Waals surface area contributed by atoms with Crippen molar-refractivity contribution in [3.8, 4) is 0 Å². The number of rotatable bonds is 5. The summed E-state index contributed by atoms with van der Waals surface area (Å²) in [6.07, 6.45) is 4.33. The molecule has 3 N–H and O–H groups in total. The van der Waals surface area contributed by atoms with Crippen molar-refractivity contribution in [1.29, 1.82) is 0 Å². The molecule has 0 spiro atoms. The molecule has 0 heterocycles. The molecule has 0 saturated heterocycles. The van der Waals surface area contributed by atoms with Crippen LogP contribution in [0.15, 0.2) is 0 Å². The molecule has 1 aliphatic rings. The van der Waals surface area contributed by atoms with Gasteiger partial charge in [-0.3, -0.25) is 4.79 Å². The van der Waals surface area contributed by atoms with E-state index in [1.807, 2.05) is 0 Å². The first kappa shape index (κ1) is 8.53. The van der Waals surface area contributed by atoms with E-state index < -0.39 is 12.0 Å². The van der Waals surface area contributed by atoms with Crippen LogP contribution in [0.5, 0.6) is 0 Å². The van der Waals surface area contributed by atoms with Crippen molar-refractivity contribution in [3.05, 3.63) is 0 Å². The lowest BCUT2D eigenvalue weighted by molar-refractivity contribution is -0.126. The third kappa shape index (κ3) is 3.37. The number of carbonyl (C=O) groups is 1. The first-order chi connectivity index (χ1) is 5.20. The molecule has 0 aromatic heterocycles. The summed E-state index contributed by atoms with van der Waals surface area (Å²) in [4.78, 5) is 10.4. The summed E-state index contributed by atoms with van der Waals surface area (Å²) in [5, 5.41) is 8.99. The van der Waals surface area contributed by atoms with Crippen molar-refractivity contribution in [2.45, 2.75) is 38.2 Å². The van der Waals surface area contributed by atoms with Crippen molar-refractivity contribution >= 4 is 5.91 Å². The molecule has 1 aliphatic carbocycles. The molecule has 1 rings (SSSR count). The molecule has 0 radical (unpaired) electrons. The van der Waals surface area contributed by atoms with Gasteiger partial charge in [-0.15, -0.1) is 0 Å². The third-order valence-corrected chi connectivity index (χ3v) is 2.12. The average Bonchev–Trinajstić information content (AvgIpc) is 2.71. The summed E-state index contributed by atoms with van der Waals surface area (Å²) >= 11 is 0. The van der Waals surface area contributed by atoms with Gasteiger partial charge in [0.1, 0.15) is 6.10 Å². The van der Waals surface area contributed by atoms with Crippen LogP contribution in [0.2, 0.25) is 0 Å². The molecule has 3 heteroatoms. The topological polar surface area (TPSA) is 63.3 Å². The van der Waals surface area contributed by atoms with Gasteiger partial charge in [-0.2, -0.15) is 0 Å². The minimum Gasteiger partial charge on any atom is -0.383 e. The highest BCUT2D eigenvalue weighted by Crippen LogP contribution is 2.33. The number of hydrogen-bond donors (Lipinski definition) is 2. The van der Waals surface area contributed by atoms with Crippen LogP contribution in [-0.2, 0) is 4.79 Å². The fourth-order valence-electron chi connectivity index (χ4n) is 1.15. The minimum absolute atomic E-state index is 0.534. The zero-order chi connectivity index (χ0) is 8.27. The van der Waals surface area contributed by atoms with Crippen LogP contribution in [0.1, 0.15) is 32.1 Å². The summed E-state index contributed by atoms with van der Waals surface area (Å²) in [5.41, 5.74) is 4.88. The molecule has 1 saturated carbocycles. The van der Waals surface area contributed by atoms with Crippen molar-refractivity contribution in [1.82, 2.24) is 0 Å². The van der Waals surface area contributed by atoms with Crippen LogP contribution in [0.25, 0.3) is 0 Å². The van der Waals surface area contributed by atoms with E-state index in [0.717, 1.165) is 18.8 Å². The number of hydrogen-bond acceptors (Lipinski definition) is 2. The zero-order valence-corrected chi connectivity index (χ0v) is 6.62. The fourth-order valence-corrected chi connectivity index (χ4v) is 1.15. The number of aliphatic hydroxyl groups excluding tert-OH is 1. The highest BCUT2D eigenvalue weighted by atomic mass is 16.3. The van der Waals surface area contributed by atoms with Crippen molar-refractivity contribution in [2.75, 3.05) is 0 Å². The van der Waals surface area contributed by atoms with Gasteiger partial charge in [-0.05, 0) is 12.3 Å². The van der Waals surface area contributed by atoms with E-state index in [-0.39, 0.29) is 0 Å². The third-order valence-electron chi connectivity index (χ3n) is 2.12. The molecule has 1 unspecified atom stereocenters. The van der Waals surface area contributed by atoms with Gasteiger partial charge in [0.25, 0.3) is 0 Å². The Bertz CT molecular complexity index is 143. The van der Waals surface area contributed by atoms with Gasteiger partial charge < -0.3 is 10.8 Å². The van der Waals surface area contributed by atoms with E-state index in [0.29, 0.717) is 6.42 Å². The lowest BCUT2D eigenvalue weighted by atomic mass is 10.1. The van der Waals surface area contributed by atoms with E-state index in [9.17, 15) is 4.79 Å². The molecule has 1 atom stereocenters. The maximum Gasteiger partial charge on any atom is 0.246 e. The van der Waals surface area contributed by atoms with Crippen molar-refractivity contribution < 1.29 is 9.90 Å². The van der Waals surface area contributed by atoms with Crippen LogP contribution in [-0.4, -0.2) is 17.1 Å². The Morgan fingerprint density at radius 3 is 2.73 bits per heavy atom. The van der Waals surface area contributed by atoms with Gasteiger partial charge in [-0.25, -0.2) is 0 Å². The lowest BCUT2D eigenvalue weighted by Gasteiger charge is -2.04. The van der Waals surface area contributed by atoms with E-state index in [4.69, 9.17) is 10.8 Å². The number of amides is 1. The molecule has 0 bridgehead atoms. The molecular weight excluding hydrogens is 142 g/mol. The molecule has 1 amide bonds. The second kappa shape index (κ2) is 3.72. The number of aliphatic hydroxyl groups is 1. The van der Waals surface area contributed by atoms with E-state index in [1.165, 1.54) is 12.8 Å². The normalized spacial score (nSPS) is 19.7. The fraction of sp³-hybridized carbons (Fsp3) is 0.875. The maximum atomic E-state index is 10.4. The SMILES string of the molecule is NC(=O)C(O)CCCC1CC1. The van der Waals surface area contributed by atoms with Crippen LogP contribution in [0.4, 0.5) is 0 Å². The summed E-state index contributed by atoms with van der Waals surface area (Å²) in [5.74, 6) is 0.274. The first-order valence-electron chi connectivity index (χ1n) is 4.17. The Balaban J connectivity index is 1.96. The Kier molecular flexibility index (Phi) is 2.88. The van der Waals surface area contributed by atoms with E-state index in [1.54, 1.807) is 0 Å². The van der Waals surface area contributed by atoms with Crippen LogP contribution >= 0.6 is 0 Å². The molecule has 3 nitrogen and oxygen atoms in total. The zero-order valence-electron chi connectivity index (χ0n) is 6.62. The summed E-state index contributed by atoms with van der Waals surface area (Å²) < 4.78 is 0. The van der Waals surface area contributed by atoms with Gasteiger partial charge in [0.2, 0.25) is 5.91 Å². The van der Waals surface area contributed by atoms with Gasteiger partial charge in [0, 0.05) is 0 Å². The average molecular weight is 157 g/mol. The number of nitrogens with two attached hydrogens (primary N) is 1. The van der Waals surface area contributed by atoms with Gasteiger partial charge in [0.15, 0.2) is 0 Å². The highest BCUT2D eigenvalue weighted by Gasteiger charge is 2.21. The highest BCUT2D eigenvalue weighted by molar-refractivity contribution is 5.78. The van der Waals surface area contributed by atoms with Crippen LogP contribution in [0, 0.1) is 5.92 Å². The summed E-state index contributed by atoms with van der Waals surface area (Å²) in [6, 6.07) is 0. The molecule has 1 fully saturated rings. The molecule has 64 valence electrons. The van der Waals surface area contributed by atoms with E-state index >= 15 is 0 Å². The Labute approximate surface area is 66.6 Å². The minimum atomic E-state index is -0.922. The van der Waals surface area contributed by atoms with Gasteiger partial charge in [0.05, 0.1) is 0 Å². The predicted molar refractivity (Wildman–Crippen MR) is 41.8 cm³/mol. The van der Waals surface area contributed by atoms with E-state index in [2.05, 4.69) is 0 Å². The monoisotopic (exact) mass is 157 g/mol. The van der Waals surface area contributed by atoms with Crippen LogP contribution < -0.4 is 5.73 Å². The molecule has 0 aromatic carbocycles. The first-order valence-corrected chi connectivity index (χ1v) is 4.17. The maximum absolute atomic E-state index is 10.4. The molecule has 0 aliphatic heterocycles. The second-order valence-electron chi connectivity index (χ2n) is 3.29. The quantitative estimate of drug-likeness (QED) is 0.607. The number of carbonyl (C=O) groups excluding carboxylic acids is 1. The Morgan fingerprint density at radius 2 is 2.27 bits per heavy atom. The Morgan fingerprint density at radius 1 is 1.64 bits per heavy atom. The van der Waals surface area contributed by atoms with Crippen molar-refractivity contribution in [3.63, 3.8) is 0 Å². The molecule has 0 aromatic rings. The predicted octanol–water partition coefficient (Wildman–Crippen LogP) is 0.413. The molecule has 11 heavy (non-hydrogen) atoms. The Hall–Kier alpha value is -0.570. The van der Waals surface area contributed by atoms with Gasteiger partial charge >= 0.3 is 0 Å². The van der Waals surface area contributed by atoms with Crippen LogP contribution in [0.3, 0.4) is 0 Å². The van der Waals surface area contributed by atoms with Crippen molar-refractivity contribution in [2.24, 2.45) is 11.7 Å². The standard InChI is InChI=1S/C8H15NO2/c9-8(11)7(10)3-1-2-6-4-5-6/h6-7,10H,1-5H2,(H2,9,11).